The first-order valence-corrected chi connectivity index (χ1v) is 6.05. The average molecular weight is 255 g/mol. The van der Waals surface area contributed by atoms with Crippen LogP contribution in [0.3, 0.4) is 0 Å². The predicted octanol–water partition coefficient (Wildman–Crippen LogP) is 2.90. The molecule has 4 heteroatoms. The maximum atomic E-state index is 13.9. The molecule has 0 saturated heterocycles. The van der Waals surface area contributed by atoms with E-state index in [1.807, 2.05) is 27.7 Å². The summed E-state index contributed by atoms with van der Waals surface area (Å²) in [5, 5.41) is 0. The fourth-order valence-corrected chi connectivity index (χ4v) is 1.71. The van der Waals surface area contributed by atoms with Gasteiger partial charge in [-0.25, -0.2) is 4.39 Å². The molecule has 18 heavy (non-hydrogen) atoms. The van der Waals surface area contributed by atoms with Crippen LogP contribution in [0.25, 0.3) is 0 Å². The highest BCUT2D eigenvalue weighted by molar-refractivity contribution is 5.44. The summed E-state index contributed by atoms with van der Waals surface area (Å²) in [6.07, 6.45) is 0.445. The van der Waals surface area contributed by atoms with Gasteiger partial charge >= 0.3 is 0 Å². The summed E-state index contributed by atoms with van der Waals surface area (Å²) in [6.45, 7) is 7.55. The van der Waals surface area contributed by atoms with Crippen molar-refractivity contribution >= 4 is 0 Å². The van der Waals surface area contributed by atoms with Crippen molar-refractivity contribution in [2.45, 2.75) is 45.8 Å². The molecule has 0 saturated carbocycles. The van der Waals surface area contributed by atoms with Gasteiger partial charge in [-0.1, -0.05) is 0 Å². The van der Waals surface area contributed by atoms with Crippen molar-refractivity contribution in [2.24, 2.45) is 5.73 Å². The van der Waals surface area contributed by atoms with E-state index in [0.29, 0.717) is 23.5 Å². The molecule has 0 spiro atoms. The summed E-state index contributed by atoms with van der Waals surface area (Å²) < 4.78 is 24.6. The van der Waals surface area contributed by atoms with E-state index in [9.17, 15) is 4.39 Å². The van der Waals surface area contributed by atoms with Crippen molar-refractivity contribution in [1.29, 1.82) is 0 Å². The number of hydrogen-bond acceptors (Lipinski definition) is 3. The van der Waals surface area contributed by atoms with Crippen molar-refractivity contribution in [3.05, 3.63) is 23.5 Å². The lowest BCUT2D eigenvalue weighted by Gasteiger charge is -2.21. The summed E-state index contributed by atoms with van der Waals surface area (Å²) in [6, 6.07) is 3.02. The van der Waals surface area contributed by atoms with Crippen molar-refractivity contribution in [2.75, 3.05) is 7.11 Å². The third-order valence-corrected chi connectivity index (χ3v) is 2.34. The van der Waals surface area contributed by atoms with Gasteiger partial charge in [-0.05, 0) is 45.7 Å². The molecular weight excluding hydrogens is 233 g/mol. The first-order valence-electron chi connectivity index (χ1n) is 6.05. The molecule has 0 heterocycles. The molecule has 0 bridgehead atoms. The molecule has 0 aliphatic heterocycles. The van der Waals surface area contributed by atoms with E-state index in [1.54, 1.807) is 6.07 Å². The monoisotopic (exact) mass is 255 g/mol. The average Bonchev–Trinajstić information content (AvgIpc) is 2.19. The first-order chi connectivity index (χ1) is 8.23. The van der Waals surface area contributed by atoms with Crippen molar-refractivity contribution in [3.8, 4) is 11.5 Å². The fourth-order valence-electron chi connectivity index (χ4n) is 1.71. The van der Waals surface area contributed by atoms with Gasteiger partial charge in [0.2, 0.25) is 0 Å². The van der Waals surface area contributed by atoms with E-state index < -0.39 is 5.54 Å². The standard InChI is InChI=1S/C14H22FNO2/c1-9(2)18-13-6-10(8-14(3,4)16)11(15)7-12(13)17-5/h6-7,9H,8,16H2,1-5H3. The van der Waals surface area contributed by atoms with Crippen molar-refractivity contribution in [3.63, 3.8) is 0 Å². The predicted molar refractivity (Wildman–Crippen MR) is 70.7 cm³/mol. The number of hydrogen-bond donors (Lipinski definition) is 1. The quantitative estimate of drug-likeness (QED) is 0.879. The van der Waals surface area contributed by atoms with Crippen molar-refractivity contribution in [1.82, 2.24) is 0 Å². The third-order valence-electron chi connectivity index (χ3n) is 2.34. The zero-order valence-corrected chi connectivity index (χ0v) is 11.7. The van der Waals surface area contributed by atoms with Gasteiger partial charge in [-0.15, -0.1) is 0 Å². The normalized spacial score (nSPS) is 11.8. The Morgan fingerprint density at radius 3 is 2.33 bits per heavy atom. The second-order valence-corrected chi connectivity index (χ2v) is 5.43. The summed E-state index contributed by atoms with van der Waals surface area (Å²) >= 11 is 0. The van der Waals surface area contributed by atoms with Crippen LogP contribution >= 0.6 is 0 Å². The lowest BCUT2D eigenvalue weighted by Crippen LogP contribution is -2.34. The number of rotatable bonds is 5. The largest absolute Gasteiger partial charge is 0.493 e. The minimum atomic E-state index is -0.468. The van der Waals surface area contributed by atoms with Crippen LogP contribution < -0.4 is 15.2 Å². The van der Waals surface area contributed by atoms with Crippen LogP contribution in [-0.2, 0) is 6.42 Å². The Morgan fingerprint density at radius 1 is 1.28 bits per heavy atom. The highest BCUT2D eigenvalue weighted by Crippen LogP contribution is 2.32. The molecule has 1 aromatic carbocycles. The molecular formula is C14H22FNO2. The van der Waals surface area contributed by atoms with Crippen LogP contribution in [-0.4, -0.2) is 18.8 Å². The highest BCUT2D eigenvalue weighted by Gasteiger charge is 2.18. The van der Waals surface area contributed by atoms with Crippen LogP contribution in [0.4, 0.5) is 4.39 Å². The maximum absolute atomic E-state index is 13.9. The third kappa shape index (κ3) is 4.18. The minimum Gasteiger partial charge on any atom is -0.493 e. The van der Waals surface area contributed by atoms with Gasteiger partial charge in [0.05, 0.1) is 13.2 Å². The summed E-state index contributed by atoms with van der Waals surface area (Å²) in [5.41, 5.74) is 5.99. The molecule has 3 nitrogen and oxygen atoms in total. The van der Waals surface area contributed by atoms with Crippen LogP contribution in [0.2, 0.25) is 0 Å². The van der Waals surface area contributed by atoms with Gasteiger partial charge in [-0.2, -0.15) is 0 Å². The minimum absolute atomic E-state index is 0.00287. The summed E-state index contributed by atoms with van der Waals surface area (Å²) in [4.78, 5) is 0. The number of nitrogens with two attached hydrogens (primary N) is 1. The Morgan fingerprint density at radius 2 is 1.89 bits per heavy atom. The lowest BCUT2D eigenvalue weighted by molar-refractivity contribution is 0.229. The zero-order chi connectivity index (χ0) is 13.9. The molecule has 102 valence electrons. The number of ether oxygens (including phenoxy) is 2. The molecule has 1 rings (SSSR count). The van der Waals surface area contributed by atoms with Crippen LogP contribution in [0.5, 0.6) is 11.5 Å². The summed E-state index contributed by atoms with van der Waals surface area (Å²) in [5.74, 6) is 0.634. The maximum Gasteiger partial charge on any atom is 0.163 e. The smallest absolute Gasteiger partial charge is 0.163 e. The molecule has 0 aliphatic carbocycles. The zero-order valence-electron chi connectivity index (χ0n) is 11.7. The molecule has 0 unspecified atom stereocenters. The Labute approximate surface area is 108 Å². The molecule has 0 aromatic heterocycles. The van der Waals surface area contributed by atoms with Gasteiger partial charge in [0.15, 0.2) is 11.5 Å². The number of halogens is 1. The van der Waals surface area contributed by atoms with Gasteiger partial charge in [-0.3, -0.25) is 0 Å². The highest BCUT2D eigenvalue weighted by atomic mass is 19.1. The molecule has 0 aliphatic rings. The van der Waals surface area contributed by atoms with Gasteiger partial charge in [0.25, 0.3) is 0 Å². The Bertz CT molecular complexity index is 411. The summed E-state index contributed by atoms with van der Waals surface area (Å²) in [7, 11) is 1.49. The van der Waals surface area contributed by atoms with E-state index in [1.165, 1.54) is 13.2 Å². The topological polar surface area (TPSA) is 44.5 Å². The van der Waals surface area contributed by atoms with Crippen LogP contribution in [0.15, 0.2) is 12.1 Å². The fraction of sp³-hybridized carbons (Fsp3) is 0.571. The van der Waals surface area contributed by atoms with E-state index in [4.69, 9.17) is 15.2 Å². The van der Waals surface area contributed by atoms with Gasteiger partial charge < -0.3 is 15.2 Å². The van der Waals surface area contributed by atoms with Crippen LogP contribution in [0, 0.1) is 5.82 Å². The second-order valence-electron chi connectivity index (χ2n) is 5.43. The molecule has 1 aromatic rings. The van der Waals surface area contributed by atoms with E-state index in [0.717, 1.165) is 0 Å². The van der Waals surface area contributed by atoms with Gasteiger partial charge in [0.1, 0.15) is 5.82 Å². The van der Waals surface area contributed by atoms with E-state index >= 15 is 0 Å². The molecule has 0 radical (unpaired) electrons. The van der Waals surface area contributed by atoms with E-state index in [2.05, 4.69) is 0 Å². The Hall–Kier alpha value is -1.29. The Balaban J connectivity index is 3.12. The Kier molecular flexibility index (Phi) is 4.57. The molecule has 0 amide bonds. The molecule has 0 atom stereocenters. The molecule has 2 N–H and O–H groups in total. The van der Waals surface area contributed by atoms with Crippen LogP contribution in [0.1, 0.15) is 33.3 Å². The lowest BCUT2D eigenvalue weighted by atomic mass is 9.95. The SMILES string of the molecule is COc1cc(F)c(CC(C)(C)N)cc1OC(C)C. The van der Waals surface area contributed by atoms with Crippen molar-refractivity contribution < 1.29 is 13.9 Å². The molecule has 0 fully saturated rings. The second kappa shape index (κ2) is 5.57. The van der Waals surface area contributed by atoms with E-state index in [-0.39, 0.29) is 11.9 Å². The number of benzene rings is 1. The first kappa shape index (κ1) is 14.8. The number of methoxy groups -OCH3 is 1. The van der Waals surface area contributed by atoms with Gasteiger partial charge in [0, 0.05) is 11.6 Å².